The van der Waals surface area contributed by atoms with Crippen LogP contribution < -0.4 is 5.32 Å². The number of rotatable bonds is 3. The maximum Gasteiger partial charge on any atom is 0.326 e. The highest BCUT2D eigenvalue weighted by Gasteiger charge is 2.50. The van der Waals surface area contributed by atoms with Crippen molar-refractivity contribution < 1.29 is 19.1 Å². The lowest BCUT2D eigenvalue weighted by molar-refractivity contribution is -0.157. The number of imide groups is 1. The maximum absolute atomic E-state index is 12.5. The van der Waals surface area contributed by atoms with E-state index in [1.165, 1.54) is 11.3 Å². The SMILES string of the molecule is CC(C)(C)OC(=O)CN1C(=O)NC(C)(c2cccs2)C1=O. The zero-order chi connectivity index (χ0) is 15.8. The molecule has 1 fully saturated rings. The molecule has 114 valence electrons. The zero-order valence-corrected chi connectivity index (χ0v) is 13.2. The van der Waals surface area contributed by atoms with Crippen LogP contribution in [0.25, 0.3) is 0 Å². The van der Waals surface area contributed by atoms with Crippen LogP contribution in [0.15, 0.2) is 17.5 Å². The van der Waals surface area contributed by atoms with Crippen LogP contribution in [-0.2, 0) is 19.9 Å². The molecule has 1 atom stereocenters. The monoisotopic (exact) mass is 310 g/mol. The van der Waals surface area contributed by atoms with Crippen molar-refractivity contribution in [1.82, 2.24) is 10.2 Å². The summed E-state index contributed by atoms with van der Waals surface area (Å²) in [6.45, 7) is 6.43. The van der Waals surface area contributed by atoms with Crippen LogP contribution in [-0.4, -0.2) is 35.0 Å². The van der Waals surface area contributed by atoms with Crippen molar-refractivity contribution in [3.8, 4) is 0 Å². The second-order valence-electron chi connectivity index (χ2n) is 6.01. The minimum Gasteiger partial charge on any atom is -0.459 e. The van der Waals surface area contributed by atoms with Gasteiger partial charge in [-0.05, 0) is 39.1 Å². The van der Waals surface area contributed by atoms with Gasteiger partial charge >= 0.3 is 12.0 Å². The van der Waals surface area contributed by atoms with Gasteiger partial charge in [0.1, 0.15) is 12.1 Å². The minimum absolute atomic E-state index is 0.386. The third-order valence-corrected chi connectivity index (χ3v) is 4.09. The molecule has 1 aliphatic heterocycles. The Kier molecular flexibility index (Phi) is 3.79. The molecule has 2 rings (SSSR count). The molecule has 2 heterocycles. The number of hydrogen-bond donors (Lipinski definition) is 1. The van der Waals surface area contributed by atoms with E-state index in [0.717, 1.165) is 9.78 Å². The summed E-state index contributed by atoms with van der Waals surface area (Å²) in [4.78, 5) is 37.9. The van der Waals surface area contributed by atoms with Crippen molar-refractivity contribution in [3.05, 3.63) is 22.4 Å². The van der Waals surface area contributed by atoms with Gasteiger partial charge in [0.2, 0.25) is 0 Å². The van der Waals surface area contributed by atoms with E-state index in [1.54, 1.807) is 39.8 Å². The fourth-order valence-electron chi connectivity index (χ4n) is 2.07. The van der Waals surface area contributed by atoms with Gasteiger partial charge in [-0.3, -0.25) is 14.5 Å². The molecule has 3 amide bonds. The fourth-order valence-corrected chi connectivity index (χ4v) is 2.91. The van der Waals surface area contributed by atoms with Gasteiger partial charge in [-0.1, -0.05) is 6.07 Å². The smallest absolute Gasteiger partial charge is 0.326 e. The topological polar surface area (TPSA) is 75.7 Å². The van der Waals surface area contributed by atoms with E-state index >= 15 is 0 Å². The lowest BCUT2D eigenvalue weighted by Crippen LogP contribution is -2.41. The first-order valence-electron chi connectivity index (χ1n) is 6.53. The number of ether oxygens (including phenoxy) is 1. The van der Waals surface area contributed by atoms with E-state index in [9.17, 15) is 14.4 Å². The number of urea groups is 1. The highest BCUT2D eigenvalue weighted by molar-refractivity contribution is 7.10. The molecule has 0 radical (unpaired) electrons. The molecule has 1 aromatic heterocycles. The van der Waals surface area contributed by atoms with Gasteiger partial charge in [-0.15, -0.1) is 11.3 Å². The second kappa shape index (κ2) is 5.14. The number of esters is 1. The molecule has 0 aliphatic carbocycles. The Morgan fingerprint density at radius 2 is 2.10 bits per heavy atom. The quantitative estimate of drug-likeness (QED) is 0.683. The number of nitrogens with one attached hydrogen (secondary N) is 1. The summed E-state index contributed by atoms with van der Waals surface area (Å²) in [5.41, 5.74) is -1.78. The normalized spacial score (nSPS) is 22.4. The number of hydrogen-bond acceptors (Lipinski definition) is 5. The van der Waals surface area contributed by atoms with E-state index in [-0.39, 0.29) is 6.54 Å². The third kappa shape index (κ3) is 3.07. The summed E-state index contributed by atoms with van der Waals surface area (Å²) in [6, 6.07) is 3.00. The van der Waals surface area contributed by atoms with E-state index in [2.05, 4.69) is 5.32 Å². The van der Waals surface area contributed by atoms with Crippen LogP contribution in [0.5, 0.6) is 0 Å². The Bertz CT molecular complexity index is 576. The molecule has 0 saturated carbocycles. The second-order valence-corrected chi connectivity index (χ2v) is 6.96. The Hall–Kier alpha value is -1.89. The predicted molar refractivity (Wildman–Crippen MR) is 77.8 cm³/mol. The summed E-state index contributed by atoms with van der Waals surface area (Å²) in [5.74, 6) is -1.05. The average molecular weight is 310 g/mol. The number of amides is 3. The molecular weight excluding hydrogens is 292 g/mol. The van der Waals surface area contributed by atoms with E-state index in [1.807, 2.05) is 5.38 Å². The molecule has 0 spiro atoms. The van der Waals surface area contributed by atoms with E-state index < -0.39 is 29.0 Å². The molecule has 21 heavy (non-hydrogen) atoms. The molecule has 0 bridgehead atoms. The number of carbonyl (C=O) groups excluding carboxylic acids is 3. The van der Waals surface area contributed by atoms with Crippen LogP contribution in [0.2, 0.25) is 0 Å². The van der Waals surface area contributed by atoms with Gasteiger partial charge < -0.3 is 10.1 Å². The molecule has 1 aliphatic rings. The maximum atomic E-state index is 12.5. The molecule has 7 heteroatoms. The summed E-state index contributed by atoms with van der Waals surface area (Å²) >= 11 is 1.38. The van der Waals surface area contributed by atoms with Gasteiger partial charge in [0.15, 0.2) is 5.54 Å². The highest BCUT2D eigenvalue weighted by atomic mass is 32.1. The Labute approximate surface area is 127 Å². The van der Waals surface area contributed by atoms with Crippen molar-refractivity contribution in [2.75, 3.05) is 6.54 Å². The van der Waals surface area contributed by atoms with Gasteiger partial charge in [0, 0.05) is 4.88 Å². The summed E-state index contributed by atoms with van der Waals surface area (Å²) in [5, 5.41) is 4.47. The first kappa shape index (κ1) is 15.5. The Morgan fingerprint density at radius 1 is 1.43 bits per heavy atom. The predicted octanol–water partition coefficient (Wildman–Crippen LogP) is 1.86. The average Bonchev–Trinajstić information content (AvgIpc) is 2.92. The van der Waals surface area contributed by atoms with Crippen molar-refractivity contribution in [2.24, 2.45) is 0 Å². The van der Waals surface area contributed by atoms with Crippen LogP contribution in [0.1, 0.15) is 32.6 Å². The minimum atomic E-state index is -1.12. The van der Waals surface area contributed by atoms with Crippen LogP contribution >= 0.6 is 11.3 Å². The van der Waals surface area contributed by atoms with Gasteiger partial charge in [0.25, 0.3) is 5.91 Å². The van der Waals surface area contributed by atoms with Crippen molar-refractivity contribution >= 4 is 29.2 Å². The van der Waals surface area contributed by atoms with Crippen LogP contribution in [0.4, 0.5) is 4.79 Å². The molecule has 1 aromatic rings. The molecular formula is C14H18N2O4S. The van der Waals surface area contributed by atoms with Gasteiger partial charge in [-0.25, -0.2) is 4.79 Å². The van der Waals surface area contributed by atoms with E-state index in [4.69, 9.17) is 4.74 Å². The van der Waals surface area contributed by atoms with Crippen molar-refractivity contribution in [3.63, 3.8) is 0 Å². The van der Waals surface area contributed by atoms with E-state index in [0.29, 0.717) is 0 Å². The summed E-state index contributed by atoms with van der Waals surface area (Å²) in [7, 11) is 0. The molecule has 6 nitrogen and oxygen atoms in total. The number of thiophene rings is 1. The molecule has 0 aromatic carbocycles. The Morgan fingerprint density at radius 3 is 2.62 bits per heavy atom. The largest absolute Gasteiger partial charge is 0.459 e. The highest BCUT2D eigenvalue weighted by Crippen LogP contribution is 2.31. The lowest BCUT2D eigenvalue weighted by Gasteiger charge is -2.22. The molecule has 1 N–H and O–H groups in total. The summed E-state index contributed by atoms with van der Waals surface area (Å²) < 4.78 is 5.14. The zero-order valence-electron chi connectivity index (χ0n) is 12.4. The first-order chi connectivity index (χ1) is 9.63. The molecule has 1 unspecified atom stereocenters. The van der Waals surface area contributed by atoms with Crippen molar-refractivity contribution in [1.29, 1.82) is 0 Å². The summed E-state index contributed by atoms with van der Waals surface area (Å²) in [6.07, 6.45) is 0. The number of nitrogens with zero attached hydrogens (tertiary/aromatic N) is 1. The number of carbonyl (C=O) groups is 3. The fraction of sp³-hybridized carbons (Fsp3) is 0.500. The van der Waals surface area contributed by atoms with Gasteiger partial charge in [0.05, 0.1) is 0 Å². The third-order valence-electron chi connectivity index (χ3n) is 3.00. The van der Waals surface area contributed by atoms with Crippen LogP contribution in [0.3, 0.4) is 0 Å². The lowest BCUT2D eigenvalue weighted by atomic mass is 10.0. The Balaban J connectivity index is 2.14. The van der Waals surface area contributed by atoms with Crippen molar-refractivity contribution in [2.45, 2.75) is 38.8 Å². The first-order valence-corrected chi connectivity index (χ1v) is 7.41. The molecule has 1 saturated heterocycles. The standard InChI is InChI=1S/C14H18N2O4S/c1-13(2,3)20-10(17)8-16-11(18)14(4,15-12(16)19)9-6-5-7-21-9/h5-7H,8H2,1-4H3,(H,15,19). The van der Waals surface area contributed by atoms with Crippen LogP contribution in [0, 0.1) is 0 Å². The van der Waals surface area contributed by atoms with Gasteiger partial charge in [-0.2, -0.15) is 0 Å².